The van der Waals surface area contributed by atoms with Crippen LogP contribution in [0.5, 0.6) is 5.75 Å². The predicted octanol–water partition coefficient (Wildman–Crippen LogP) is 3.61. The lowest BCUT2D eigenvalue weighted by Crippen LogP contribution is -1.99. The molecule has 0 radical (unpaired) electrons. The summed E-state index contributed by atoms with van der Waals surface area (Å²) >= 11 is 3.53. The molecule has 2 heterocycles. The van der Waals surface area contributed by atoms with Crippen LogP contribution in [0.3, 0.4) is 0 Å². The summed E-state index contributed by atoms with van der Waals surface area (Å²) in [6.07, 6.45) is 4.20. The summed E-state index contributed by atoms with van der Waals surface area (Å²) in [7, 11) is 1.54. The lowest BCUT2D eigenvalue weighted by Gasteiger charge is -2.08. The van der Waals surface area contributed by atoms with E-state index in [4.69, 9.17) is 4.74 Å². The number of pyridine rings is 1. The van der Waals surface area contributed by atoms with Gasteiger partial charge in [-0.05, 0) is 18.2 Å². The monoisotopic (exact) mass is 330 g/mol. The Labute approximate surface area is 124 Å². The fourth-order valence-electron chi connectivity index (χ4n) is 2.16. The Morgan fingerprint density at radius 1 is 1.35 bits per heavy atom. The zero-order chi connectivity index (χ0) is 14.1. The standard InChI is InChI=1S/C15H11BrN2O2/c1-20-14-7-15(17-8-10(14)9-19)18-6-5-11-12(16)3-2-4-13(11)18/h2-9H,1H3. The average molecular weight is 331 g/mol. The van der Waals surface area contributed by atoms with Crippen molar-refractivity contribution in [2.45, 2.75) is 0 Å². The predicted molar refractivity (Wildman–Crippen MR) is 80.7 cm³/mol. The highest BCUT2D eigenvalue weighted by atomic mass is 79.9. The van der Waals surface area contributed by atoms with E-state index in [2.05, 4.69) is 20.9 Å². The number of nitrogens with zero attached hydrogens (tertiary/aromatic N) is 2. The van der Waals surface area contributed by atoms with Gasteiger partial charge >= 0.3 is 0 Å². The Balaban J connectivity index is 2.21. The average Bonchev–Trinajstić information content (AvgIpc) is 2.92. The molecule has 0 aliphatic carbocycles. The molecule has 0 atom stereocenters. The first-order valence-corrected chi connectivity index (χ1v) is 6.79. The van der Waals surface area contributed by atoms with Crippen LogP contribution in [0, 0.1) is 0 Å². The van der Waals surface area contributed by atoms with Crippen molar-refractivity contribution in [2.24, 2.45) is 0 Å². The van der Waals surface area contributed by atoms with Gasteiger partial charge in [-0.3, -0.25) is 4.79 Å². The molecule has 2 aromatic heterocycles. The van der Waals surface area contributed by atoms with Crippen molar-refractivity contribution in [2.75, 3.05) is 7.11 Å². The minimum atomic E-state index is 0.439. The summed E-state index contributed by atoms with van der Waals surface area (Å²) < 4.78 is 8.21. The molecule has 0 aliphatic heterocycles. The highest BCUT2D eigenvalue weighted by Crippen LogP contribution is 2.28. The molecule has 5 heteroatoms. The first kappa shape index (κ1) is 12.9. The Kier molecular flexibility index (Phi) is 3.28. The van der Waals surface area contributed by atoms with Gasteiger partial charge in [-0.1, -0.05) is 22.0 Å². The smallest absolute Gasteiger partial charge is 0.155 e. The lowest BCUT2D eigenvalue weighted by atomic mass is 10.2. The number of rotatable bonds is 3. The maximum absolute atomic E-state index is 10.9. The topological polar surface area (TPSA) is 44.1 Å². The molecule has 3 rings (SSSR count). The van der Waals surface area contributed by atoms with Crippen LogP contribution >= 0.6 is 15.9 Å². The fraction of sp³-hybridized carbons (Fsp3) is 0.0667. The van der Waals surface area contributed by atoms with E-state index in [9.17, 15) is 4.79 Å². The largest absolute Gasteiger partial charge is 0.496 e. The molecule has 0 fully saturated rings. The van der Waals surface area contributed by atoms with Gasteiger partial charge in [-0.15, -0.1) is 0 Å². The Bertz CT molecular complexity index is 796. The van der Waals surface area contributed by atoms with Gasteiger partial charge in [0.25, 0.3) is 0 Å². The third-order valence-electron chi connectivity index (χ3n) is 3.15. The van der Waals surface area contributed by atoms with Crippen LogP contribution in [0.1, 0.15) is 10.4 Å². The molecule has 0 aliphatic rings. The molecule has 0 saturated heterocycles. The molecule has 1 aromatic carbocycles. The summed E-state index contributed by atoms with van der Waals surface area (Å²) in [6, 6.07) is 9.75. The molecule has 20 heavy (non-hydrogen) atoms. The van der Waals surface area contributed by atoms with Crippen molar-refractivity contribution >= 4 is 33.1 Å². The molecular formula is C15H11BrN2O2. The third-order valence-corrected chi connectivity index (χ3v) is 3.85. The summed E-state index contributed by atoms with van der Waals surface area (Å²) in [5, 5.41) is 1.10. The van der Waals surface area contributed by atoms with E-state index >= 15 is 0 Å². The maximum atomic E-state index is 10.9. The Morgan fingerprint density at radius 2 is 2.20 bits per heavy atom. The van der Waals surface area contributed by atoms with Gasteiger partial charge in [0, 0.05) is 28.3 Å². The minimum absolute atomic E-state index is 0.439. The van der Waals surface area contributed by atoms with Gasteiger partial charge in [0.05, 0.1) is 18.2 Å². The number of carbonyl (C=O) groups is 1. The molecule has 3 aromatic rings. The molecule has 0 spiro atoms. The first-order valence-electron chi connectivity index (χ1n) is 6.00. The van der Waals surface area contributed by atoms with Crippen LogP contribution in [-0.4, -0.2) is 22.9 Å². The number of aldehydes is 1. The van der Waals surface area contributed by atoms with Crippen molar-refractivity contribution in [1.82, 2.24) is 9.55 Å². The number of fused-ring (bicyclic) bond motifs is 1. The zero-order valence-electron chi connectivity index (χ0n) is 10.7. The quantitative estimate of drug-likeness (QED) is 0.689. The molecule has 0 unspecified atom stereocenters. The number of ether oxygens (including phenoxy) is 1. The Morgan fingerprint density at radius 3 is 2.95 bits per heavy atom. The van der Waals surface area contributed by atoms with Crippen LogP contribution in [0.25, 0.3) is 16.7 Å². The lowest BCUT2D eigenvalue weighted by molar-refractivity contribution is 0.112. The maximum Gasteiger partial charge on any atom is 0.155 e. The second-order valence-corrected chi connectivity index (χ2v) is 5.12. The second kappa shape index (κ2) is 5.09. The number of methoxy groups -OCH3 is 1. The molecule has 0 bridgehead atoms. The van der Waals surface area contributed by atoms with Crippen molar-refractivity contribution < 1.29 is 9.53 Å². The van der Waals surface area contributed by atoms with Crippen LogP contribution in [0.4, 0.5) is 0 Å². The normalized spacial score (nSPS) is 10.7. The highest BCUT2D eigenvalue weighted by molar-refractivity contribution is 9.10. The third kappa shape index (κ3) is 2.00. The van der Waals surface area contributed by atoms with E-state index in [0.717, 1.165) is 21.7 Å². The molecule has 0 saturated carbocycles. The summed E-state index contributed by atoms with van der Waals surface area (Å²) in [5.74, 6) is 1.22. The van der Waals surface area contributed by atoms with Crippen molar-refractivity contribution in [1.29, 1.82) is 0 Å². The number of benzene rings is 1. The number of hydrogen-bond donors (Lipinski definition) is 0. The SMILES string of the molecule is COc1cc(-n2ccc3c(Br)cccc32)ncc1C=O. The minimum Gasteiger partial charge on any atom is -0.496 e. The summed E-state index contributed by atoms with van der Waals surface area (Å²) in [6.45, 7) is 0. The van der Waals surface area contributed by atoms with Crippen LogP contribution < -0.4 is 4.74 Å². The fourth-order valence-corrected chi connectivity index (χ4v) is 2.65. The zero-order valence-corrected chi connectivity index (χ0v) is 12.3. The van der Waals surface area contributed by atoms with E-state index in [-0.39, 0.29) is 0 Å². The van der Waals surface area contributed by atoms with Crippen LogP contribution in [-0.2, 0) is 0 Å². The second-order valence-electron chi connectivity index (χ2n) is 4.26. The van der Waals surface area contributed by atoms with Crippen molar-refractivity contribution in [3.05, 3.63) is 52.8 Å². The van der Waals surface area contributed by atoms with Gasteiger partial charge in [0.2, 0.25) is 0 Å². The number of hydrogen-bond acceptors (Lipinski definition) is 3. The van der Waals surface area contributed by atoms with Crippen LogP contribution in [0.2, 0.25) is 0 Å². The summed E-state index contributed by atoms with van der Waals surface area (Å²) in [5.41, 5.74) is 1.47. The first-order chi connectivity index (χ1) is 9.74. The van der Waals surface area contributed by atoms with E-state index in [1.54, 1.807) is 6.07 Å². The van der Waals surface area contributed by atoms with Crippen molar-refractivity contribution in [3.8, 4) is 11.6 Å². The van der Waals surface area contributed by atoms with Crippen molar-refractivity contribution in [3.63, 3.8) is 0 Å². The van der Waals surface area contributed by atoms with Gasteiger partial charge in [-0.25, -0.2) is 4.98 Å². The molecule has 0 amide bonds. The highest BCUT2D eigenvalue weighted by Gasteiger charge is 2.09. The van der Waals surface area contributed by atoms with Gasteiger partial charge in [0.1, 0.15) is 11.6 Å². The van der Waals surface area contributed by atoms with E-state index in [0.29, 0.717) is 17.1 Å². The van der Waals surface area contributed by atoms with Gasteiger partial charge in [0.15, 0.2) is 6.29 Å². The van der Waals surface area contributed by atoms with E-state index in [1.807, 2.05) is 35.0 Å². The Hall–Kier alpha value is -2.14. The molecule has 4 nitrogen and oxygen atoms in total. The van der Waals surface area contributed by atoms with Gasteiger partial charge < -0.3 is 9.30 Å². The van der Waals surface area contributed by atoms with Gasteiger partial charge in [-0.2, -0.15) is 0 Å². The summed E-state index contributed by atoms with van der Waals surface area (Å²) in [4.78, 5) is 15.2. The number of carbonyl (C=O) groups excluding carboxylic acids is 1. The van der Waals surface area contributed by atoms with E-state index < -0.39 is 0 Å². The van der Waals surface area contributed by atoms with E-state index in [1.165, 1.54) is 13.3 Å². The number of halogens is 1. The van der Waals surface area contributed by atoms with Crippen LogP contribution in [0.15, 0.2) is 47.2 Å². The molecule has 0 N–H and O–H groups in total. The number of aromatic nitrogens is 2. The molecular weight excluding hydrogens is 320 g/mol. The molecule has 100 valence electrons.